The second kappa shape index (κ2) is 10.0. The number of aromatic nitrogens is 1. The van der Waals surface area contributed by atoms with Crippen LogP contribution in [-0.4, -0.2) is 54.7 Å². The highest BCUT2D eigenvalue weighted by Crippen LogP contribution is 2.33. The standard InChI is InChI=1S/C26H31N5O2/c1-17-3-4-22(25(28)11-17)19-12-20(23-15-29-6-5-24(23)27)14-21(13-19)26(32)30-18(2)16-31-7-9-33-10-8-31/h3-6,11-15,18H,7-10,16,28H2,1-2H3,(H2,27,29)(H,30,32)/t18-/m1/s1. The Balaban J connectivity index is 1.67. The average Bonchev–Trinajstić information content (AvgIpc) is 2.79. The smallest absolute Gasteiger partial charge is 0.251 e. The van der Waals surface area contributed by atoms with Crippen molar-refractivity contribution in [1.82, 2.24) is 15.2 Å². The van der Waals surface area contributed by atoms with Gasteiger partial charge in [-0.15, -0.1) is 0 Å². The second-order valence-corrected chi connectivity index (χ2v) is 8.64. The number of nitrogen functional groups attached to an aromatic ring is 2. The number of benzene rings is 2. The van der Waals surface area contributed by atoms with Crippen LogP contribution in [-0.2, 0) is 4.74 Å². The van der Waals surface area contributed by atoms with Crippen LogP contribution in [0.2, 0.25) is 0 Å². The van der Waals surface area contributed by atoms with E-state index in [9.17, 15) is 4.79 Å². The van der Waals surface area contributed by atoms with Crippen molar-refractivity contribution in [3.8, 4) is 22.3 Å². The summed E-state index contributed by atoms with van der Waals surface area (Å²) in [6.07, 6.45) is 3.37. The van der Waals surface area contributed by atoms with Gasteiger partial charge in [-0.05, 0) is 60.9 Å². The monoisotopic (exact) mass is 445 g/mol. The van der Waals surface area contributed by atoms with Gasteiger partial charge in [0, 0.05) is 66.1 Å². The third kappa shape index (κ3) is 5.50. The van der Waals surface area contributed by atoms with Crippen LogP contribution in [0, 0.1) is 6.92 Å². The van der Waals surface area contributed by atoms with Gasteiger partial charge in [-0.2, -0.15) is 0 Å². The van der Waals surface area contributed by atoms with Crippen LogP contribution < -0.4 is 16.8 Å². The number of pyridine rings is 1. The Labute approximate surface area is 194 Å². The molecular formula is C26H31N5O2. The van der Waals surface area contributed by atoms with E-state index in [0.29, 0.717) is 16.9 Å². The van der Waals surface area contributed by atoms with E-state index < -0.39 is 0 Å². The number of aryl methyl sites for hydroxylation is 1. The fourth-order valence-corrected chi connectivity index (χ4v) is 4.18. The van der Waals surface area contributed by atoms with Gasteiger partial charge in [-0.3, -0.25) is 14.7 Å². The van der Waals surface area contributed by atoms with Crippen LogP contribution in [0.25, 0.3) is 22.3 Å². The first kappa shape index (κ1) is 22.8. The molecule has 5 N–H and O–H groups in total. The largest absolute Gasteiger partial charge is 0.398 e. The molecule has 0 spiro atoms. The minimum atomic E-state index is -0.132. The molecule has 1 aromatic heterocycles. The molecule has 7 heteroatoms. The summed E-state index contributed by atoms with van der Waals surface area (Å²) in [5.74, 6) is -0.132. The van der Waals surface area contributed by atoms with Crippen LogP contribution in [0.15, 0.2) is 54.9 Å². The molecule has 33 heavy (non-hydrogen) atoms. The minimum absolute atomic E-state index is 0.00406. The van der Waals surface area contributed by atoms with E-state index in [0.717, 1.165) is 60.7 Å². The lowest BCUT2D eigenvalue weighted by Crippen LogP contribution is -2.46. The molecule has 0 bridgehead atoms. The molecule has 7 nitrogen and oxygen atoms in total. The molecule has 0 radical (unpaired) electrons. The van der Waals surface area contributed by atoms with Gasteiger partial charge in [0.05, 0.1) is 13.2 Å². The van der Waals surface area contributed by atoms with Gasteiger partial charge in [-0.25, -0.2) is 0 Å². The van der Waals surface area contributed by atoms with Gasteiger partial charge in [0.15, 0.2) is 0 Å². The van der Waals surface area contributed by atoms with Crippen LogP contribution in [0.1, 0.15) is 22.8 Å². The van der Waals surface area contributed by atoms with Crippen molar-refractivity contribution in [1.29, 1.82) is 0 Å². The van der Waals surface area contributed by atoms with Crippen molar-refractivity contribution in [3.05, 3.63) is 66.0 Å². The van der Waals surface area contributed by atoms with E-state index >= 15 is 0 Å². The number of hydrogen-bond acceptors (Lipinski definition) is 6. The maximum atomic E-state index is 13.3. The van der Waals surface area contributed by atoms with Crippen molar-refractivity contribution < 1.29 is 9.53 Å². The number of nitrogens with zero attached hydrogens (tertiary/aromatic N) is 2. The summed E-state index contributed by atoms with van der Waals surface area (Å²) in [4.78, 5) is 19.8. The third-order valence-corrected chi connectivity index (χ3v) is 5.89. The summed E-state index contributed by atoms with van der Waals surface area (Å²) in [5, 5.41) is 3.14. The first-order valence-electron chi connectivity index (χ1n) is 11.2. The minimum Gasteiger partial charge on any atom is -0.398 e. The molecule has 0 unspecified atom stereocenters. The highest BCUT2D eigenvalue weighted by Gasteiger charge is 2.18. The molecule has 1 amide bonds. The molecule has 4 rings (SSSR count). The summed E-state index contributed by atoms with van der Waals surface area (Å²) in [6.45, 7) is 8.03. The second-order valence-electron chi connectivity index (χ2n) is 8.64. The number of anilines is 2. The summed E-state index contributed by atoms with van der Waals surface area (Å²) >= 11 is 0. The lowest BCUT2D eigenvalue weighted by atomic mass is 9.94. The number of rotatable bonds is 6. The first-order valence-corrected chi connectivity index (χ1v) is 11.2. The van der Waals surface area contributed by atoms with Gasteiger partial charge < -0.3 is 21.5 Å². The molecule has 1 atom stereocenters. The van der Waals surface area contributed by atoms with Gasteiger partial charge >= 0.3 is 0 Å². The lowest BCUT2D eigenvalue weighted by molar-refractivity contribution is 0.0342. The fraction of sp³-hybridized carbons (Fsp3) is 0.308. The molecular weight excluding hydrogens is 414 g/mol. The van der Waals surface area contributed by atoms with Crippen LogP contribution in [0.4, 0.5) is 11.4 Å². The highest BCUT2D eigenvalue weighted by atomic mass is 16.5. The molecule has 1 saturated heterocycles. The zero-order chi connectivity index (χ0) is 23.4. The van der Waals surface area contributed by atoms with E-state index in [1.165, 1.54) is 0 Å². The van der Waals surface area contributed by atoms with Gasteiger partial charge in [-0.1, -0.05) is 12.1 Å². The fourth-order valence-electron chi connectivity index (χ4n) is 4.18. The van der Waals surface area contributed by atoms with Crippen LogP contribution in [0.3, 0.4) is 0 Å². The zero-order valence-electron chi connectivity index (χ0n) is 19.2. The van der Waals surface area contributed by atoms with E-state index in [-0.39, 0.29) is 11.9 Å². The Bertz CT molecular complexity index is 1140. The van der Waals surface area contributed by atoms with Crippen molar-refractivity contribution >= 4 is 17.3 Å². The Morgan fingerprint density at radius 1 is 1.06 bits per heavy atom. The van der Waals surface area contributed by atoms with Crippen LogP contribution in [0.5, 0.6) is 0 Å². The molecule has 2 aromatic carbocycles. The topological polar surface area (TPSA) is 106 Å². The summed E-state index contributed by atoms with van der Waals surface area (Å²) in [6, 6.07) is 13.4. The Morgan fingerprint density at radius 3 is 2.48 bits per heavy atom. The molecule has 0 aliphatic carbocycles. The zero-order valence-corrected chi connectivity index (χ0v) is 19.2. The maximum absolute atomic E-state index is 13.3. The van der Waals surface area contributed by atoms with E-state index in [1.54, 1.807) is 18.5 Å². The number of amides is 1. The first-order chi connectivity index (χ1) is 15.9. The normalized spacial score (nSPS) is 15.2. The van der Waals surface area contributed by atoms with Crippen LogP contribution >= 0.6 is 0 Å². The molecule has 1 aliphatic heterocycles. The molecule has 2 heterocycles. The summed E-state index contributed by atoms with van der Waals surface area (Å²) in [5.41, 5.74) is 18.8. The third-order valence-electron chi connectivity index (χ3n) is 5.89. The molecule has 172 valence electrons. The molecule has 3 aromatic rings. The maximum Gasteiger partial charge on any atom is 0.251 e. The summed E-state index contributed by atoms with van der Waals surface area (Å²) < 4.78 is 5.41. The van der Waals surface area contributed by atoms with E-state index in [1.807, 2.05) is 50.2 Å². The number of carbonyl (C=O) groups is 1. The molecule has 0 saturated carbocycles. The van der Waals surface area contributed by atoms with Crippen molar-refractivity contribution in [2.75, 3.05) is 44.3 Å². The number of nitrogens with one attached hydrogen (secondary N) is 1. The lowest BCUT2D eigenvalue weighted by Gasteiger charge is -2.29. The predicted molar refractivity (Wildman–Crippen MR) is 133 cm³/mol. The predicted octanol–water partition coefficient (Wildman–Crippen LogP) is 3.34. The Morgan fingerprint density at radius 2 is 1.79 bits per heavy atom. The van der Waals surface area contributed by atoms with Gasteiger partial charge in [0.25, 0.3) is 5.91 Å². The van der Waals surface area contributed by atoms with Crippen molar-refractivity contribution in [2.45, 2.75) is 19.9 Å². The Kier molecular flexibility index (Phi) is 6.91. The quantitative estimate of drug-likeness (QED) is 0.503. The number of hydrogen-bond donors (Lipinski definition) is 3. The van der Waals surface area contributed by atoms with Crippen molar-refractivity contribution in [3.63, 3.8) is 0 Å². The molecule has 1 fully saturated rings. The molecule has 1 aliphatic rings. The number of carbonyl (C=O) groups excluding carboxylic acids is 1. The SMILES string of the molecule is Cc1ccc(-c2cc(C(=O)N[C@H](C)CN3CCOCC3)cc(-c3cnccc3N)c2)c(N)c1. The van der Waals surface area contributed by atoms with Gasteiger partial charge in [0.1, 0.15) is 0 Å². The number of nitrogens with two attached hydrogens (primary N) is 2. The van der Waals surface area contributed by atoms with Crippen molar-refractivity contribution in [2.24, 2.45) is 0 Å². The average molecular weight is 446 g/mol. The highest BCUT2D eigenvalue weighted by molar-refractivity contribution is 5.98. The Hall–Kier alpha value is -3.42. The number of morpholine rings is 1. The number of ether oxygens (including phenoxy) is 1. The van der Waals surface area contributed by atoms with E-state index in [2.05, 4.69) is 15.2 Å². The van der Waals surface area contributed by atoms with Gasteiger partial charge in [0.2, 0.25) is 0 Å². The van der Waals surface area contributed by atoms with E-state index in [4.69, 9.17) is 16.2 Å². The summed E-state index contributed by atoms with van der Waals surface area (Å²) in [7, 11) is 0.